The van der Waals surface area contributed by atoms with E-state index in [9.17, 15) is 9.59 Å². The van der Waals surface area contributed by atoms with E-state index in [1.807, 2.05) is 0 Å². The lowest BCUT2D eigenvalue weighted by molar-refractivity contribution is -0.163. The van der Waals surface area contributed by atoms with E-state index in [2.05, 4.69) is 118 Å². The van der Waals surface area contributed by atoms with E-state index in [0.29, 0.717) is 19.4 Å². The van der Waals surface area contributed by atoms with E-state index in [-0.39, 0.29) is 25.2 Å². The minimum atomic E-state index is -0.556. The highest BCUT2D eigenvalue weighted by Crippen LogP contribution is 2.15. The number of esters is 2. The smallest absolute Gasteiger partial charge is 0.306 e. The van der Waals surface area contributed by atoms with E-state index < -0.39 is 6.10 Å². The van der Waals surface area contributed by atoms with Crippen molar-refractivity contribution in [2.75, 3.05) is 19.8 Å². The molecular formula is C61H104O5. The molecule has 0 aliphatic rings. The van der Waals surface area contributed by atoms with Gasteiger partial charge in [-0.15, -0.1) is 0 Å². The van der Waals surface area contributed by atoms with Crippen LogP contribution < -0.4 is 0 Å². The molecule has 1 atom stereocenters. The Kier molecular flexibility index (Phi) is 53.4. The Balaban J connectivity index is 4.32. The fourth-order valence-corrected chi connectivity index (χ4v) is 7.55. The van der Waals surface area contributed by atoms with E-state index in [4.69, 9.17) is 14.2 Å². The zero-order valence-corrected chi connectivity index (χ0v) is 43.4. The lowest BCUT2D eigenvalue weighted by Crippen LogP contribution is -2.30. The second-order valence-electron chi connectivity index (χ2n) is 18.1. The molecule has 66 heavy (non-hydrogen) atoms. The Morgan fingerprint density at radius 2 is 0.682 bits per heavy atom. The predicted molar refractivity (Wildman–Crippen MR) is 288 cm³/mol. The van der Waals surface area contributed by atoms with Crippen LogP contribution in [0.2, 0.25) is 0 Å². The van der Waals surface area contributed by atoms with Crippen LogP contribution in [0.1, 0.15) is 252 Å². The number of rotatable bonds is 50. The third-order valence-corrected chi connectivity index (χ3v) is 11.6. The van der Waals surface area contributed by atoms with Gasteiger partial charge in [0.1, 0.15) is 6.61 Å². The normalized spacial score (nSPS) is 13.0. The summed E-state index contributed by atoms with van der Waals surface area (Å²) in [6.07, 6.45) is 75.6. The molecule has 0 fully saturated rings. The molecule has 5 heteroatoms. The van der Waals surface area contributed by atoms with Gasteiger partial charge in [-0.1, -0.05) is 240 Å². The number of allylic oxidation sites excluding steroid dienone is 16. The highest BCUT2D eigenvalue weighted by molar-refractivity contribution is 5.70. The van der Waals surface area contributed by atoms with Crippen molar-refractivity contribution in [1.82, 2.24) is 0 Å². The fourth-order valence-electron chi connectivity index (χ4n) is 7.55. The standard InChI is InChI=1S/C61H104O5/c1-4-7-10-13-16-19-22-25-27-29-31-32-34-37-39-42-45-48-51-54-60(62)65-58-59(66-61(63)55-52-49-46-43-40-36-24-21-18-15-12-9-6-3)57-64-56-53-50-47-44-41-38-35-33-30-28-26-23-20-17-14-11-8-5-2/h7-8,10-11,16-17,19-20,25-28,31-33,35,59H,4-6,9,12-15,18,21-24,29-30,34,36-58H2,1-3H3/b10-7-,11-8-,19-16-,20-17-,27-25-,28-26-,32-31-,35-33-. The van der Waals surface area contributed by atoms with E-state index in [0.717, 1.165) is 109 Å². The first-order chi connectivity index (χ1) is 32.6. The molecule has 0 heterocycles. The molecule has 0 radical (unpaired) electrons. The van der Waals surface area contributed by atoms with Crippen LogP contribution in [0.15, 0.2) is 97.2 Å². The van der Waals surface area contributed by atoms with Gasteiger partial charge in [0.15, 0.2) is 6.10 Å². The summed E-state index contributed by atoms with van der Waals surface area (Å²) in [5, 5.41) is 0. The van der Waals surface area contributed by atoms with Crippen molar-refractivity contribution in [3.05, 3.63) is 97.2 Å². The molecule has 0 aromatic carbocycles. The summed E-state index contributed by atoms with van der Waals surface area (Å²) in [5.41, 5.74) is 0. The molecule has 0 aliphatic carbocycles. The van der Waals surface area contributed by atoms with Crippen LogP contribution >= 0.6 is 0 Å². The molecule has 0 N–H and O–H groups in total. The van der Waals surface area contributed by atoms with Gasteiger partial charge in [0.05, 0.1) is 6.61 Å². The molecule has 0 bridgehead atoms. The Bertz CT molecular complexity index is 1270. The number of ether oxygens (including phenoxy) is 3. The van der Waals surface area contributed by atoms with Gasteiger partial charge in [-0.25, -0.2) is 0 Å². The summed E-state index contributed by atoms with van der Waals surface area (Å²) in [6.45, 7) is 7.56. The summed E-state index contributed by atoms with van der Waals surface area (Å²) in [5.74, 6) is -0.421. The van der Waals surface area contributed by atoms with Gasteiger partial charge < -0.3 is 14.2 Å². The van der Waals surface area contributed by atoms with Crippen LogP contribution in [0.25, 0.3) is 0 Å². The second-order valence-corrected chi connectivity index (χ2v) is 18.1. The fraction of sp³-hybridized carbons (Fsp3) is 0.705. The molecule has 5 nitrogen and oxygen atoms in total. The Morgan fingerprint density at radius 1 is 0.348 bits per heavy atom. The Labute approximate surface area is 409 Å². The van der Waals surface area contributed by atoms with Gasteiger partial charge >= 0.3 is 11.9 Å². The van der Waals surface area contributed by atoms with Crippen molar-refractivity contribution in [2.24, 2.45) is 0 Å². The topological polar surface area (TPSA) is 61.8 Å². The highest BCUT2D eigenvalue weighted by atomic mass is 16.6. The maximum Gasteiger partial charge on any atom is 0.306 e. The minimum Gasteiger partial charge on any atom is -0.462 e. The summed E-state index contributed by atoms with van der Waals surface area (Å²) >= 11 is 0. The van der Waals surface area contributed by atoms with Gasteiger partial charge in [-0.2, -0.15) is 0 Å². The maximum absolute atomic E-state index is 12.8. The van der Waals surface area contributed by atoms with Crippen molar-refractivity contribution >= 4 is 11.9 Å². The molecule has 0 rings (SSSR count). The average molecular weight is 917 g/mol. The van der Waals surface area contributed by atoms with Crippen molar-refractivity contribution in [3.63, 3.8) is 0 Å². The lowest BCUT2D eigenvalue weighted by atomic mass is 10.0. The van der Waals surface area contributed by atoms with Crippen molar-refractivity contribution in [3.8, 4) is 0 Å². The number of hydrogen-bond donors (Lipinski definition) is 0. The Morgan fingerprint density at radius 3 is 1.09 bits per heavy atom. The van der Waals surface area contributed by atoms with Gasteiger partial charge in [0.2, 0.25) is 0 Å². The van der Waals surface area contributed by atoms with Crippen LogP contribution in [0.4, 0.5) is 0 Å². The van der Waals surface area contributed by atoms with Gasteiger partial charge in [0, 0.05) is 19.4 Å². The van der Waals surface area contributed by atoms with E-state index in [1.165, 1.54) is 109 Å². The van der Waals surface area contributed by atoms with Crippen LogP contribution in [-0.4, -0.2) is 37.9 Å². The number of unbranched alkanes of at least 4 members (excludes halogenated alkanes) is 23. The van der Waals surface area contributed by atoms with Crippen molar-refractivity contribution in [2.45, 2.75) is 258 Å². The highest BCUT2D eigenvalue weighted by Gasteiger charge is 2.17. The summed E-state index contributed by atoms with van der Waals surface area (Å²) < 4.78 is 17.4. The summed E-state index contributed by atoms with van der Waals surface area (Å²) in [6, 6.07) is 0. The first-order valence-corrected chi connectivity index (χ1v) is 27.8. The van der Waals surface area contributed by atoms with Crippen LogP contribution in [-0.2, 0) is 23.8 Å². The molecule has 0 spiro atoms. The zero-order valence-electron chi connectivity index (χ0n) is 43.4. The predicted octanol–water partition coefficient (Wildman–Crippen LogP) is 19.0. The third kappa shape index (κ3) is 53.4. The monoisotopic (exact) mass is 917 g/mol. The maximum atomic E-state index is 12.8. The first kappa shape index (κ1) is 62.8. The molecule has 0 saturated carbocycles. The summed E-state index contributed by atoms with van der Waals surface area (Å²) in [7, 11) is 0. The molecule has 0 aliphatic heterocycles. The molecule has 1 unspecified atom stereocenters. The van der Waals surface area contributed by atoms with Gasteiger partial charge in [-0.05, 0) is 96.3 Å². The Hall–Kier alpha value is -3.18. The average Bonchev–Trinajstić information content (AvgIpc) is 3.32. The van der Waals surface area contributed by atoms with Gasteiger partial charge in [0.25, 0.3) is 0 Å². The van der Waals surface area contributed by atoms with E-state index >= 15 is 0 Å². The van der Waals surface area contributed by atoms with Crippen LogP contribution in [0.3, 0.4) is 0 Å². The number of hydrogen-bond acceptors (Lipinski definition) is 5. The molecular weight excluding hydrogens is 813 g/mol. The first-order valence-electron chi connectivity index (χ1n) is 27.8. The van der Waals surface area contributed by atoms with Crippen LogP contribution in [0, 0.1) is 0 Å². The molecule has 0 aromatic rings. The van der Waals surface area contributed by atoms with Crippen molar-refractivity contribution < 1.29 is 23.8 Å². The molecule has 378 valence electrons. The quantitative estimate of drug-likeness (QED) is 0.0346. The third-order valence-electron chi connectivity index (χ3n) is 11.6. The largest absolute Gasteiger partial charge is 0.462 e. The SMILES string of the molecule is CC/C=C\C/C=C\C/C=C\C/C=C\CCCCCCCCC(=O)OCC(COCCCCCCC/C=C\C/C=C\C/C=C\C/C=C\CC)OC(=O)CCCCCCCCCCCCCCC. The summed E-state index contributed by atoms with van der Waals surface area (Å²) in [4.78, 5) is 25.5. The van der Waals surface area contributed by atoms with Gasteiger partial charge in [-0.3, -0.25) is 9.59 Å². The van der Waals surface area contributed by atoms with E-state index in [1.54, 1.807) is 0 Å². The minimum absolute atomic E-state index is 0.0672. The van der Waals surface area contributed by atoms with Crippen molar-refractivity contribution in [1.29, 1.82) is 0 Å². The molecule has 0 amide bonds. The number of carbonyl (C=O) groups is 2. The van der Waals surface area contributed by atoms with Crippen LogP contribution in [0.5, 0.6) is 0 Å². The molecule has 0 saturated heterocycles. The zero-order chi connectivity index (χ0) is 47.7. The lowest BCUT2D eigenvalue weighted by Gasteiger charge is -2.18. The molecule has 0 aromatic heterocycles. The second kappa shape index (κ2) is 56.1. The number of carbonyl (C=O) groups excluding carboxylic acids is 2.